The van der Waals surface area contributed by atoms with Crippen LogP contribution in [0.4, 0.5) is 17.1 Å². The number of nitrogens with one attached hydrogen (secondary N) is 1. The summed E-state index contributed by atoms with van der Waals surface area (Å²) in [6.07, 6.45) is 3.46. The van der Waals surface area contributed by atoms with E-state index in [0.29, 0.717) is 11.6 Å². The van der Waals surface area contributed by atoms with Gasteiger partial charge in [0.25, 0.3) is 0 Å². The highest BCUT2D eigenvalue weighted by atomic mass is 16.6. The molecule has 2 aliphatic rings. The van der Waals surface area contributed by atoms with Crippen LogP contribution in [0.1, 0.15) is 19.3 Å². The van der Waals surface area contributed by atoms with Gasteiger partial charge in [-0.3, -0.25) is 10.1 Å². The third-order valence-electron chi connectivity index (χ3n) is 3.81. The summed E-state index contributed by atoms with van der Waals surface area (Å²) in [6.45, 7) is 0.717. The maximum absolute atomic E-state index is 11.1. The van der Waals surface area contributed by atoms with Crippen molar-refractivity contribution in [1.82, 2.24) is 0 Å². The van der Waals surface area contributed by atoms with Crippen molar-refractivity contribution in [1.29, 1.82) is 0 Å². The lowest BCUT2D eigenvalue weighted by Gasteiger charge is -2.20. The maximum Gasteiger partial charge on any atom is 0.314 e. The number of nitrogens with two attached hydrogens (primary N) is 1. The molecule has 102 valence electrons. The predicted molar refractivity (Wildman–Crippen MR) is 72.0 cm³/mol. The fourth-order valence-corrected chi connectivity index (χ4v) is 2.74. The number of hydrogen-bond donors (Lipinski definition) is 2. The van der Waals surface area contributed by atoms with Crippen molar-refractivity contribution in [2.75, 3.05) is 17.7 Å². The third kappa shape index (κ3) is 2.35. The van der Waals surface area contributed by atoms with E-state index in [-0.39, 0.29) is 23.5 Å². The first-order chi connectivity index (χ1) is 9.16. The van der Waals surface area contributed by atoms with Crippen LogP contribution >= 0.6 is 0 Å². The second-order valence-electron chi connectivity index (χ2n) is 5.21. The zero-order valence-electron chi connectivity index (χ0n) is 10.5. The number of nitrogen functional groups attached to an aromatic ring is 1. The molecule has 0 amide bonds. The number of rotatable bonds is 4. The normalized spacial score (nSPS) is 26.3. The first-order valence-electron chi connectivity index (χ1n) is 6.58. The van der Waals surface area contributed by atoms with Gasteiger partial charge in [-0.2, -0.15) is 0 Å². The summed E-state index contributed by atoms with van der Waals surface area (Å²) in [5, 5.41) is 14.4. The Morgan fingerprint density at radius 1 is 1.37 bits per heavy atom. The molecule has 6 nitrogen and oxygen atoms in total. The Bertz CT molecular complexity index is 502. The monoisotopic (exact) mass is 263 g/mol. The second-order valence-corrected chi connectivity index (χ2v) is 5.21. The molecule has 1 aliphatic heterocycles. The summed E-state index contributed by atoms with van der Waals surface area (Å²) in [5.74, 6) is 0.611. The zero-order chi connectivity index (χ0) is 13.4. The van der Waals surface area contributed by atoms with Crippen LogP contribution in [0.15, 0.2) is 18.2 Å². The minimum absolute atomic E-state index is 0.0380. The highest BCUT2D eigenvalue weighted by Crippen LogP contribution is 2.40. The number of benzene rings is 1. The molecule has 2 unspecified atom stereocenters. The number of nitro benzene ring substituents is 1. The van der Waals surface area contributed by atoms with E-state index in [4.69, 9.17) is 10.5 Å². The molecule has 1 saturated heterocycles. The van der Waals surface area contributed by atoms with Crippen LogP contribution in [-0.4, -0.2) is 23.7 Å². The summed E-state index contributed by atoms with van der Waals surface area (Å²) >= 11 is 0. The lowest BCUT2D eigenvalue weighted by Crippen LogP contribution is -2.31. The molecule has 2 atom stereocenters. The standard InChI is InChI=1S/C13H17N3O3/c14-9-2-1-3-10(12(9)16(17)18)15-11-6-7-19-13(11)8-4-5-8/h1-3,8,11,13,15H,4-7,14H2. The van der Waals surface area contributed by atoms with Crippen molar-refractivity contribution < 1.29 is 9.66 Å². The van der Waals surface area contributed by atoms with E-state index in [0.717, 1.165) is 13.0 Å². The van der Waals surface area contributed by atoms with Gasteiger partial charge in [-0.15, -0.1) is 0 Å². The molecule has 1 aromatic carbocycles. The molecule has 0 spiro atoms. The molecule has 0 bridgehead atoms. The molecule has 19 heavy (non-hydrogen) atoms. The minimum atomic E-state index is -0.431. The average molecular weight is 263 g/mol. The Morgan fingerprint density at radius 3 is 2.84 bits per heavy atom. The van der Waals surface area contributed by atoms with Gasteiger partial charge in [0, 0.05) is 6.61 Å². The predicted octanol–water partition coefficient (Wildman–Crippen LogP) is 2.16. The summed E-state index contributed by atoms with van der Waals surface area (Å²) in [7, 11) is 0. The van der Waals surface area contributed by atoms with Crippen LogP contribution in [0.2, 0.25) is 0 Å². The van der Waals surface area contributed by atoms with Crippen molar-refractivity contribution in [3.63, 3.8) is 0 Å². The van der Waals surface area contributed by atoms with Gasteiger partial charge in [0.15, 0.2) is 0 Å². The van der Waals surface area contributed by atoms with Crippen LogP contribution in [0.5, 0.6) is 0 Å². The van der Waals surface area contributed by atoms with Crippen molar-refractivity contribution in [2.24, 2.45) is 5.92 Å². The zero-order valence-corrected chi connectivity index (χ0v) is 10.5. The number of hydrogen-bond acceptors (Lipinski definition) is 5. The Hall–Kier alpha value is -1.82. The summed E-state index contributed by atoms with van der Waals surface area (Å²) < 4.78 is 5.73. The van der Waals surface area contributed by atoms with Crippen molar-refractivity contribution in [3.05, 3.63) is 28.3 Å². The van der Waals surface area contributed by atoms with Crippen molar-refractivity contribution in [3.8, 4) is 0 Å². The molecule has 1 aromatic rings. The van der Waals surface area contributed by atoms with Gasteiger partial charge < -0.3 is 15.8 Å². The first kappa shape index (κ1) is 12.2. The summed E-state index contributed by atoms with van der Waals surface area (Å²) in [5.41, 5.74) is 6.34. The smallest absolute Gasteiger partial charge is 0.314 e. The van der Waals surface area contributed by atoms with E-state index < -0.39 is 4.92 Å². The highest BCUT2D eigenvalue weighted by Gasteiger charge is 2.41. The van der Waals surface area contributed by atoms with Gasteiger partial charge in [0.05, 0.1) is 17.1 Å². The number of anilines is 2. The van der Waals surface area contributed by atoms with Crippen LogP contribution in [0.3, 0.4) is 0 Å². The molecule has 1 heterocycles. The van der Waals surface area contributed by atoms with E-state index in [1.54, 1.807) is 18.2 Å². The molecule has 3 rings (SSSR count). The lowest BCUT2D eigenvalue weighted by molar-refractivity contribution is -0.383. The number of ether oxygens (including phenoxy) is 1. The SMILES string of the molecule is Nc1cccc(NC2CCOC2C2CC2)c1[N+](=O)[O-]. The Balaban J connectivity index is 1.82. The minimum Gasteiger partial charge on any atom is -0.393 e. The molecule has 6 heteroatoms. The van der Waals surface area contributed by atoms with Gasteiger partial charge in [-0.25, -0.2) is 0 Å². The van der Waals surface area contributed by atoms with Gasteiger partial charge in [-0.1, -0.05) is 6.07 Å². The number of nitrogens with zero attached hydrogens (tertiary/aromatic N) is 1. The fraction of sp³-hybridized carbons (Fsp3) is 0.538. The van der Waals surface area contributed by atoms with Crippen molar-refractivity contribution in [2.45, 2.75) is 31.4 Å². The molecular formula is C13H17N3O3. The molecular weight excluding hydrogens is 246 g/mol. The molecule has 2 fully saturated rings. The molecule has 3 N–H and O–H groups in total. The maximum atomic E-state index is 11.1. The Morgan fingerprint density at radius 2 is 2.16 bits per heavy atom. The van der Waals surface area contributed by atoms with E-state index in [2.05, 4.69) is 5.32 Å². The third-order valence-corrected chi connectivity index (χ3v) is 3.81. The lowest BCUT2D eigenvalue weighted by atomic mass is 10.1. The average Bonchev–Trinajstić information content (AvgIpc) is 3.10. The first-order valence-corrected chi connectivity index (χ1v) is 6.58. The Kier molecular flexibility index (Phi) is 3.02. The molecule has 0 aromatic heterocycles. The quantitative estimate of drug-likeness (QED) is 0.493. The Labute approximate surface area is 111 Å². The van der Waals surface area contributed by atoms with Crippen LogP contribution in [0, 0.1) is 16.0 Å². The van der Waals surface area contributed by atoms with Crippen LogP contribution < -0.4 is 11.1 Å². The van der Waals surface area contributed by atoms with Crippen molar-refractivity contribution >= 4 is 17.1 Å². The number of para-hydroxylation sites is 1. The second kappa shape index (κ2) is 4.70. The fourth-order valence-electron chi connectivity index (χ4n) is 2.74. The van der Waals surface area contributed by atoms with Gasteiger partial charge in [-0.05, 0) is 37.3 Å². The molecule has 1 aliphatic carbocycles. The van der Waals surface area contributed by atoms with Crippen LogP contribution in [-0.2, 0) is 4.74 Å². The summed E-state index contributed by atoms with van der Waals surface area (Å²) in [6, 6.07) is 5.13. The largest absolute Gasteiger partial charge is 0.393 e. The van der Waals surface area contributed by atoms with Gasteiger partial charge in [0.1, 0.15) is 11.4 Å². The van der Waals surface area contributed by atoms with E-state index in [9.17, 15) is 10.1 Å². The van der Waals surface area contributed by atoms with Crippen LogP contribution in [0.25, 0.3) is 0 Å². The van der Waals surface area contributed by atoms with Gasteiger partial charge in [0.2, 0.25) is 0 Å². The van der Waals surface area contributed by atoms with E-state index >= 15 is 0 Å². The van der Waals surface area contributed by atoms with E-state index in [1.165, 1.54) is 12.8 Å². The topological polar surface area (TPSA) is 90.4 Å². The highest BCUT2D eigenvalue weighted by molar-refractivity contribution is 5.74. The van der Waals surface area contributed by atoms with Gasteiger partial charge >= 0.3 is 5.69 Å². The number of nitro groups is 1. The van der Waals surface area contributed by atoms with E-state index in [1.807, 2.05) is 0 Å². The summed E-state index contributed by atoms with van der Waals surface area (Å²) in [4.78, 5) is 10.7. The molecule has 0 radical (unpaired) electrons. The molecule has 1 saturated carbocycles.